The molecule has 0 atom stereocenters. The van der Waals surface area contributed by atoms with E-state index in [1.54, 1.807) is 0 Å². The van der Waals surface area contributed by atoms with Gasteiger partial charge in [0, 0.05) is 23.0 Å². The Kier molecular flexibility index (Phi) is 3.86. The number of fused-ring (bicyclic) bond motifs is 1. The second-order valence-corrected chi connectivity index (χ2v) is 8.25. The van der Waals surface area contributed by atoms with Gasteiger partial charge in [0.05, 0.1) is 6.61 Å². The van der Waals surface area contributed by atoms with Crippen molar-refractivity contribution in [3.8, 4) is 5.75 Å². The van der Waals surface area contributed by atoms with Gasteiger partial charge in [0.1, 0.15) is 5.75 Å². The quantitative estimate of drug-likeness (QED) is 0.814. The largest absolute Gasteiger partial charge is 0.493 e. The molecule has 0 fully saturated rings. The molecular formula is C11H11BrN4O3S2. The van der Waals surface area contributed by atoms with Crippen LogP contribution >= 0.6 is 27.3 Å². The van der Waals surface area contributed by atoms with Gasteiger partial charge >= 0.3 is 0 Å². The maximum atomic E-state index is 12.1. The predicted molar refractivity (Wildman–Crippen MR) is 81.7 cm³/mol. The topological polar surface area (TPSA) is 107 Å². The van der Waals surface area contributed by atoms with E-state index in [0.717, 1.165) is 39.1 Å². The molecule has 0 unspecified atom stereocenters. The highest BCUT2D eigenvalue weighted by atomic mass is 79.9. The van der Waals surface area contributed by atoms with Crippen LogP contribution in [0.5, 0.6) is 5.75 Å². The molecule has 1 aromatic heterocycles. The molecule has 10 heteroatoms. The van der Waals surface area contributed by atoms with Gasteiger partial charge in [-0.2, -0.15) is 0 Å². The molecule has 112 valence electrons. The lowest BCUT2D eigenvalue weighted by Gasteiger charge is -2.09. The number of halogens is 1. The Morgan fingerprint density at radius 1 is 1.43 bits per heavy atom. The number of sulfonamides is 1. The van der Waals surface area contributed by atoms with E-state index < -0.39 is 10.0 Å². The highest BCUT2D eigenvalue weighted by Crippen LogP contribution is 2.33. The molecule has 21 heavy (non-hydrogen) atoms. The number of hydrogen-bond donors (Lipinski definition) is 2. The van der Waals surface area contributed by atoms with E-state index in [2.05, 4.69) is 30.8 Å². The second kappa shape index (κ2) is 5.52. The van der Waals surface area contributed by atoms with E-state index in [9.17, 15) is 8.42 Å². The summed E-state index contributed by atoms with van der Waals surface area (Å²) in [5.41, 5.74) is 7.25. The SMILES string of the molecule is Nc1nnc(S(=O)(=O)NCc2cc(Br)cc3c2OCC3)s1. The van der Waals surface area contributed by atoms with Crippen molar-refractivity contribution in [2.75, 3.05) is 12.3 Å². The third-order valence-corrected chi connectivity index (χ3v) is 5.91. The molecule has 0 saturated heterocycles. The Balaban J connectivity index is 1.82. The molecule has 0 amide bonds. The van der Waals surface area contributed by atoms with E-state index >= 15 is 0 Å². The van der Waals surface area contributed by atoms with Crippen molar-refractivity contribution in [2.45, 2.75) is 17.3 Å². The van der Waals surface area contributed by atoms with Gasteiger partial charge in [-0.25, -0.2) is 13.1 Å². The minimum atomic E-state index is -3.72. The van der Waals surface area contributed by atoms with Crippen LogP contribution in [0.3, 0.4) is 0 Å². The number of aromatic nitrogens is 2. The van der Waals surface area contributed by atoms with Gasteiger partial charge in [-0.3, -0.25) is 0 Å². The lowest BCUT2D eigenvalue weighted by atomic mass is 10.1. The number of hydrogen-bond acceptors (Lipinski definition) is 7. The highest BCUT2D eigenvalue weighted by Gasteiger charge is 2.22. The predicted octanol–water partition coefficient (Wildman–Crippen LogP) is 1.30. The zero-order valence-corrected chi connectivity index (χ0v) is 13.9. The smallest absolute Gasteiger partial charge is 0.270 e. The summed E-state index contributed by atoms with van der Waals surface area (Å²) in [6, 6.07) is 3.81. The summed E-state index contributed by atoms with van der Waals surface area (Å²) in [5, 5.41) is 7.16. The van der Waals surface area contributed by atoms with Crippen LogP contribution in [0.25, 0.3) is 0 Å². The molecule has 0 bridgehead atoms. The molecule has 1 aliphatic heterocycles. The average molecular weight is 391 g/mol. The summed E-state index contributed by atoms with van der Waals surface area (Å²) >= 11 is 4.24. The standard InChI is InChI=1S/C11H11BrN4O3S2/c12-8-3-6-1-2-19-9(6)7(4-8)5-14-21(17,18)11-16-15-10(13)20-11/h3-4,14H,1-2,5H2,(H2,13,15). The van der Waals surface area contributed by atoms with Crippen LogP contribution in [0.4, 0.5) is 5.13 Å². The first kappa shape index (κ1) is 14.7. The van der Waals surface area contributed by atoms with Crippen molar-refractivity contribution in [1.82, 2.24) is 14.9 Å². The van der Waals surface area contributed by atoms with E-state index in [0.29, 0.717) is 6.61 Å². The fourth-order valence-corrected chi connectivity index (χ4v) is 4.42. The third-order valence-electron chi connectivity index (χ3n) is 2.93. The molecule has 0 radical (unpaired) electrons. The van der Waals surface area contributed by atoms with Crippen molar-refractivity contribution >= 4 is 42.4 Å². The number of nitrogen functional groups attached to an aromatic ring is 1. The molecule has 3 rings (SSSR count). The molecule has 2 aromatic rings. The van der Waals surface area contributed by atoms with Crippen LogP contribution in [0.15, 0.2) is 20.9 Å². The van der Waals surface area contributed by atoms with Crippen molar-refractivity contribution in [1.29, 1.82) is 0 Å². The zero-order chi connectivity index (χ0) is 15.0. The second-order valence-electron chi connectivity index (χ2n) is 4.38. The lowest BCUT2D eigenvalue weighted by molar-refractivity contribution is 0.353. The van der Waals surface area contributed by atoms with Gasteiger partial charge in [0.15, 0.2) is 0 Å². The molecule has 1 aromatic carbocycles. The van der Waals surface area contributed by atoms with Crippen LogP contribution in [0, 0.1) is 0 Å². The zero-order valence-electron chi connectivity index (χ0n) is 10.7. The number of anilines is 1. The number of nitrogens with two attached hydrogens (primary N) is 1. The van der Waals surface area contributed by atoms with E-state index in [1.807, 2.05) is 12.1 Å². The van der Waals surface area contributed by atoms with Crippen molar-refractivity contribution < 1.29 is 13.2 Å². The molecule has 0 spiro atoms. The van der Waals surface area contributed by atoms with Crippen molar-refractivity contribution in [2.24, 2.45) is 0 Å². The van der Waals surface area contributed by atoms with Crippen molar-refractivity contribution in [3.05, 3.63) is 27.7 Å². The summed E-state index contributed by atoms with van der Waals surface area (Å²) in [5.74, 6) is 0.748. The molecule has 1 aliphatic rings. The number of ether oxygens (including phenoxy) is 1. The van der Waals surface area contributed by atoms with Crippen LogP contribution in [0.1, 0.15) is 11.1 Å². The maximum absolute atomic E-state index is 12.1. The highest BCUT2D eigenvalue weighted by molar-refractivity contribution is 9.10. The third kappa shape index (κ3) is 3.03. The summed E-state index contributed by atoms with van der Waals surface area (Å²) in [4.78, 5) is 0. The summed E-state index contributed by atoms with van der Waals surface area (Å²) in [6.45, 7) is 0.724. The Hall–Kier alpha value is -1.23. The van der Waals surface area contributed by atoms with Gasteiger partial charge < -0.3 is 10.5 Å². The van der Waals surface area contributed by atoms with Crippen LogP contribution in [-0.4, -0.2) is 25.2 Å². The first-order chi connectivity index (χ1) is 9.95. The molecule has 7 nitrogen and oxygen atoms in total. The number of benzene rings is 1. The van der Waals surface area contributed by atoms with Gasteiger partial charge in [-0.15, -0.1) is 10.2 Å². The van der Waals surface area contributed by atoms with Crippen LogP contribution < -0.4 is 15.2 Å². The Labute approximate surface area is 133 Å². The van der Waals surface area contributed by atoms with Crippen LogP contribution in [0.2, 0.25) is 0 Å². The Bertz CT molecular complexity index is 791. The summed E-state index contributed by atoms with van der Waals surface area (Å²) in [7, 11) is -3.72. The molecule has 2 heterocycles. The number of nitrogens with one attached hydrogen (secondary N) is 1. The monoisotopic (exact) mass is 390 g/mol. The van der Waals surface area contributed by atoms with E-state index in [1.165, 1.54) is 0 Å². The van der Waals surface area contributed by atoms with Gasteiger partial charge in [0.2, 0.25) is 9.47 Å². The van der Waals surface area contributed by atoms with E-state index in [4.69, 9.17) is 10.5 Å². The van der Waals surface area contributed by atoms with Gasteiger partial charge in [-0.1, -0.05) is 27.3 Å². The van der Waals surface area contributed by atoms with E-state index in [-0.39, 0.29) is 16.0 Å². The Morgan fingerprint density at radius 3 is 2.95 bits per heavy atom. The summed E-state index contributed by atoms with van der Waals surface area (Å²) < 4.78 is 33.0. The molecular weight excluding hydrogens is 380 g/mol. The Morgan fingerprint density at radius 2 is 2.24 bits per heavy atom. The fourth-order valence-electron chi connectivity index (χ4n) is 2.04. The number of rotatable bonds is 4. The van der Waals surface area contributed by atoms with Gasteiger partial charge in [-0.05, 0) is 17.7 Å². The van der Waals surface area contributed by atoms with Gasteiger partial charge in [0.25, 0.3) is 10.0 Å². The van der Waals surface area contributed by atoms with Crippen LogP contribution in [-0.2, 0) is 23.0 Å². The lowest BCUT2D eigenvalue weighted by Crippen LogP contribution is -2.23. The molecule has 3 N–H and O–H groups in total. The summed E-state index contributed by atoms with van der Waals surface area (Å²) in [6.07, 6.45) is 0.821. The molecule has 0 aliphatic carbocycles. The fraction of sp³-hybridized carbons (Fsp3) is 0.273. The minimum absolute atomic E-state index is 0.113. The average Bonchev–Trinajstić information content (AvgIpc) is 3.04. The normalized spacial score (nSPS) is 14.0. The molecule has 0 saturated carbocycles. The van der Waals surface area contributed by atoms with Crippen molar-refractivity contribution in [3.63, 3.8) is 0 Å². The number of nitrogens with zero attached hydrogens (tertiary/aromatic N) is 2. The first-order valence-electron chi connectivity index (χ1n) is 5.98. The minimum Gasteiger partial charge on any atom is -0.493 e. The first-order valence-corrected chi connectivity index (χ1v) is 9.08. The maximum Gasteiger partial charge on any atom is 0.270 e.